The van der Waals surface area contributed by atoms with Gasteiger partial charge < -0.3 is 15.3 Å². The first-order chi connectivity index (χ1) is 4.35. The molecule has 0 spiro atoms. The molecule has 0 fully saturated rings. The highest BCUT2D eigenvalue weighted by Gasteiger charge is 1.96. The lowest BCUT2D eigenvalue weighted by molar-refractivity contribution is -0.0979. The molecule has 0 aromatic heterocycles. The number of nitrogens with two attached hydrogens (primary N) is 1. The fraction of sp³-hybridized carbons (Fsp3) is 0.833. The molecule has 0 heterocycles. The van der Waals surface area contributed by atoms with Crippen LogP contribution in [0.3, 0.4) is 0 Å². The minimum Gasteiger partial charge on any atom is -0.380 e. The van der Waals surface area contributed by atoms with E-state index in [1.807, 2.05) is 6.79 Å². The molecule has 0 aliphatic heterocycles. The molecular weight excluding hydrogens is 118 g/mol. The van der Waals surface area contributed by atoms with Crippen LogP contribution in [0.2, 0.25) is 0 Å². The van der Waals surface area contributed by atoms with Crippen LogP contribution in [0.1, 0.15) is 13.3 Å². The third-order valence-electron chi connectivity index (χ3n) is 1.05. The van der Waals surface area contributed by atoms with Gasteiger partial charge in [-0.15, -0.1) is 0 Å². The van der Waals surface area contributed by atoms with Crippen molar-refractivity contribution in [3.63, 3.8) is 0 Å². The normalized spacial score (nSPS) is 11.4. The highest BCUT2D eigenvalue weighted by molar-refractivity contribution is 5.10. The van der Waals surface area contributed by atoms with E-state index >= 15 is 0 Å². The minimum absolute atomic E-state index is 0.264. The minimum atomic E-state index is 0.264. The fourth-order valence-corrected chi connectivity index (χ4v) is 0.430. The maximum absolute atomic E-state index is 8.00. The van der Waals surface area contributed by atoms with Crippen LogP contribution in [0.5, 0.6) is 0 Å². The first-order valence-electron chi connectivity index (χ1n) is 2.86. The molecule has 3 heteroatoms. The van der Waals surface area contributed by atoms with Crippen LogP contribution in [0.25, 0.3) is 0 Å². The van der Waals surface area contributed by atoms with Crippen LogP contribution in [0, 0.1) is 0 Å². The Hall–Kier alpha value is -0.410. The second-order valence-corrected chi connectivity index (χ2v) is 1.50. The maximum atomic E-state index is 8.00. The molecule has 0 saturated heterocycles. The van der Waals surface area contributed by atoms with E-state index in [1.165, 1.54) is 0 Å². The van der Waals surface area contributed by atoms with Crippen LogP contribution in [-0.4, -0.2) is 26.5 Å². The molecule has 9 heavy (non-hydrogen) atoms. The van der Waals surface area contributed by atoms with Gasteiger partial charge in [0.2, 0.25) is 0 Å². The summed E-state index contributed by atoms with van der Waals surface area (Å²) in [6.07, 6.45) is 1.27. The number of carbonyl (C=O) groups is 1. The van der Waals surface area contributed by atoms with Crippen LogP contribution < -0.4 is 5.73 Å². The van der Waals surface area contributed by atoms with Gasteiger partial charge in [0.05, 0.1) is 6.10 Å². The van der Waals surface area contributed by atoms with Crippen molar-refractivity contribution in [3.8, 4) is 0 Å². The Morgan fingerprint density at radius 2 is 2.11 bits per heavy atom. The zero-order valence-corrected chi connectivity index (χ0v) is 6.09. The predicted octanol–water partition coefficient (Wildman–Crippen LogP) is 0.185. The Labute approximate surface area is 56.2 Å². The Kier molecular flexibility index (Phi) is 13.4. The second kappa shape index (κ2) is 10.5. The third-order valence-corrected chi connectivity index (χ3v) is 1.05. The van der Waals surface area contributed by atoms with Gasteiger partial charge in [-0.3, -0.25) is 0 Å². The van der Waals surface area contributed by atoms with Gasteiger partial charge in [0.15, 0.2) is 0 Å². The van der Waals surface area contributed by atoms with Crippen molar-refractivity contribution < 1.29 is 9.53 Å². The van der Waals surface area contributed by atoms with Crippen molar-refractivity contribution in [2.75, 3.05) is 13.7 Å². The van der Waals surface area contributed by atoms with E-state index in [-0.39, 0.29) is 6.10 Å². The van der Waals surface area contributed by atoms with E-state index in [9.17, 15) is 0 Å². The first-order valence-corrected chi connectivity index (χ1v) is 2.86. The Morgan fingerprint density at radius 1 is 1.67 bits per heavy atom. The molecule has 0 saturated carbocycles. The zero-order chi connectivity index (χ0) is 7.70. The molecule has 56 valence electrons. The topological polar surface area (TPSA) is 52.3 Å². The number of methoxy groups -OCH3 is 1. The Bertz CT molecular complexity index is 40.8. The summed E-state index contributed by atoms with van der Waals surface area (Å²) in [5.74, 6) is 0. The molecule has 2 N–H and O–H groups in total. The molecule has 0 aromatic rings. The predicted molar refractivity (Wildman–Crippen MR) is 37.3 cm³/mol. The molecule has 0 aliphatic rings. The van der Waals surface area contributed by atoms with Crippen molar-refractivity contribution in [1.29, 1.82) is 0 Å². The SMILES string of the molecule is C=O.CCC(CN)OC. The van der Waals surface area contributed by atoms with E-state index < -0.39 is 0 Å². The smallest absolute Gasteiger partial charge is 0.106 e. The molecule has 3 nitrogen and oxygen atoms in total. The number of rotatable bonds is 3. The van der Waals surface area contributed by atoms with Crippen LogP contribution >= 0.6 is 0 Å². The van der Waals surface area contributed by atoms with Crippen LogP contribution in [-0.2, 0) is 9.53 Å². The standard InChI is InChI=1S/C5H13NO.CH2O/c1-3-5(4-6)7-2;1-2/h5H,3-4,6H2,1-2H3;1H2. The van der Waals surface area contributed by atoms with Crippen LogP contribution in [0.15, 0.2) is 0 Å². The van der Waals surface area contributed by atoms with Gasteiger partial charge in [0.1, 0.15) is 6.79 Å². The summed E-state index contributed by atoms with van der Waals surface area (Å²) in [6.45, 7) is 4.69. The summed E-state index contributed by atoms with van der Waals surface area (Å²) < 4.78 is 4.92. The molecular formula is C6H15NO2. The first kappa shape index (κ1) is 11.4. The van der Waals surface area contributed by atoms with Gasteiger partial charge >= 0.3 is 0 Å². The summed E-state index contributed by atoms with van der Waals surface area (Å²) in [7, 11) is 1.68. The molecule has 0 bridgehead atoms. The summed E-state index contributed by atoms with van der Waals surface area (Å²) >= 11 is 0. The van der Waals surface area contributed by atoms with E-state index in [2.05, 4.69) is 6.92 Å². The quantitative estimate of drug-likeness (QED) is 0.597. The van der Waals surface area contributed by atoms with Crippen LogP contribution in [0.4, 0.5) is 0 Å². The van der Waals surface area contributed by atoms with Gasteiger partial charge in [0, 0.05) is 13.7 Å². The van der Waals surface area contributed by atoms with Gasteiger partial charge in [-0.05, 0) is 6.42 Å². The molecule has 1 unspecified atom stereocenters. The van der Waals surface area contributed by atoms with Gasteiger partial charge in [-0.2, -0.15) is 0 Å². The molecule has 0 aliphatic carbocycles. The van der Waals surface area contributed by atoms with Crippen molar-refractivity contribution in [1.82, 2.24) is 0 Å². The highest BCUT2D eigenvalue weighted by atomic mass is 16.5. The summed E-state index contributed by atoms with van der Waals surface area (Å²) in [5, 5.41) is 0. The molecule has 0 rings (SSSR count). The fourth-order valence-electron chi connectivity index (χ4n) is 0.430. The van der Waals surface area contributed by atoms with Gasteiger partial charge in [0.25, 0.3) is 0 Å². The molecule has 1 atom stereocenters. The van der Waals surface area contributed by atoms with Crippen molar-refractivity contribution in [2.24, 2.45) is 5.73 Å². The second-order valence-electron chi connectivity index (χ2n) is 1.50. The Balaban J connectivity index is 0. The van der Waals surface area contributed by atoms with E-state index in [1.54, 1.807) is 7.11 Å². The monoisotopic (exact) mass is 133 g/mol. The number of hydrogen-bond acceptors (Lipinski definition) is 3. The summed E-state index contributed by atoms with van der Waals surface area (Å²) in [4.78, 5) is 8.00. The summed E-state index contributed by atoms with van der Waals surface area (Å²) in [6, 6.07) is 0. The highest BCUT2D eigenvalue weighted by Crippen LogP contribution is 1.89. The van der Waals surface area contributed by atoms with E-state index in [0.29, 0.717) is 6.54 Å². The third kappa shape index (κ3) is 7.59. The van der Waals surface area contributed by atoms with Crippen molar-refractivity contribution in [3.05, 3.63) is 0 Å². The summed E-state index contributed by atoms with van der Waals surface area (Å²) in [5.41, 5.74) is 5.27. The van der Waals surface area contributed by atoms with E-state index in [0.717, 1.165) is 6.42 Å². The lowest BCUT2D eigenvalue weighted by atomic mass is 10.3. The molecule has 0 radical (unpaired) electrons. The average molecular weight is 133 g/mol. The van der Waals surface area contributed by atoms with Gasteiger partial charge in [-0.25, -0.2) is 0 Å². The number of carbonyl (C=O) groups excluding carboxylic acids is 1. The lowest BCUT2D eigenvalue weighted by Gasteiger charge is -2.07. The van der Waals surface area contributed by atoms with Crippen molar-refractivity contribution >= 4 is 6.79 Å². The van der Waals surface area contributed by atoms with E-state index in [4.69, 9.17) is 15.3 Å². The zero-order valence-electron chi connectivity index (χ0n) is 6.09. The largest absolute Gasteiger partial charge is 0.380 e. The molecule has 0 amide bonds. The maximum Gasteiger partial charge on any atom is 0.106 e. The number of hydrogen-bond donors (Lipinski definition) is 1. The van der Waals surface area contributed by atoms with Crippen molar-refractivity contribution in [2.45, 2.75) is 19.4 Å². The lowest BCUT2D eigenvalue weighted by Crippen LogP contribution is -2.20. The Morgan fingerprint density at radius 3 is 2.11 bits per heavy atom. The van der Waals surface area contributed by atoms with Gasteiger partial charge in [-0.1, -0.05) is 6.92 Å². The average Bonchev–Trinajstić information content (AvgIpc) is 1.96. The molecule has 0 aromatic carbocycles. The number of ether oxygens (including phenoxy) is 1.